The lowest BCUT2D eigenvalue weighted by Crippen LogP contribution is -2.30. The van der Waals surface area contributed by atoms with Crippen molar-refractivity contribution >= 4 is 10.0 Å². The molecule has 2 N–H and O–H groups in total. The SMILES string of the molecule is N#Cc1cccc(S(=O)(=O)N2CCC(CN)C2)c1. The zero-order valence-electron chi connectivity index (χ0n) is 9.91. The van der Waals surface area contributed by atoms with Crippen molar-refractivity contribution < 1.29 is 8.42 Å². The summed E-state index contributed by atoms with van der Waals surface area (Å²) in [6.45, 7) is 1.47. The second-order valence-electron chi connectivity index (χ2n) is 4.39. The van der Waals surface area contributed by atoms with Crippen LogP contribution in [0.15, 0.2) is 29.2 Å². The van der Waals surface area contributed by atoms with E-state index in [4.69, 9.17) is 11.0 Å². The Morgan fingerprint density at radius 3 is 2.89 bits per heavy atom. The first-order valence-corrected chi connectivity index (χ1v) is 7.22. The molecule has 0 saturated carbocycles. The van der Waals surface area contributed by atoms with Crippen LogP contribution >= 0.6 is 0 Å². The number of nitrogens with two attached hydrogens (primary N) is 1. The Morgan fingerprint density at radius 2 is 2.28 bits per heavy atom. The predicted molar refractivity (Wildman–Crippen MR) is 67.1 cm³/mol. The third-order valence-corrected chi connectivity index (χ3v) is 5.04. The van der Waals surface area contributed by atoms with Crippen molar-refractivity contribution in [3.05, 3.63) is 29.8 Å². The molecule has 96 valence electrons. The number of rotatable bonds is 3. The van der Waals surface area contributed by atoms with Crippen LogP contribution in [0.2, 0.25) is 0 Å². The van der Waals surface area contributed by atoms with Crippen LogP contribution in [0, 0.1) is 17.2 Å². The highest BCUT2D eigenvalue weighted by Crippen LogP contribution is 2.24. The Kier molecular flexibility index (Phi) is 3.66. The number of nitriles is 1. The van der Waals surface area contributed by atoms with Crippen LogP contribution < -0.4 is 5.73 Å². The van der Waals surface area contributed by atoms with Crippen LogP contribution in [0.5, 0.6) is 0 Å². The third kappa shape index (κ3) is 2.38. The van der Waals surface area contributed by atoms with E-state index in [9.17, 15) is 8.42 Å². The number of hydrogen-bond acceptors (Lipinski definition) is 4. The van der Waals surface area contributed by atoms with Crippen LogP contribution in [-0.2, 0) is 10.0 Å². The maximum Gasteiger partial charge on any atom is 0.243 e. The second kappa shape index (κ2) is 5.06. The molecule has 1 aliphatic rings. The first kappa shape index (κ1) is 13.0. The van der Waals surface area contributed by atoms with E-state index in [1.54, 1.807) is 12.1 Å². The lowest BCUT2D eigenvalue weighted by Gasteiger charge is -2.16. The molecule has 18 heavy (non-hydrogen) atoms. The maximum absolute atomic E-state index is 12.3. The molecule has 0 bridgehead atoms. The van der Waals surface area contributed by atoms with E-state index in [0.29, 0.717) is 25.2 Å². The van der Waals surface area contributed by atoms with Gasteiger partial charge < -0.3 is 5.73 Å². The van der Waals surface area contributed by atoms with E-state index in [-0.39, 0.29) is 10.8 Å². The fourth-order valence-electron chi connectivity index (χ4n) is 2.08. The minimum Gasteiger partial charge on any atom is -0.330 e. The van der Waals surface area contributed by atoms with Gasteiger partial charge in [0.05, 0.1) is 16.5 Å². The van der Waals surface area contributed by atoms with Gasteiger partial charge in [0, 0.05) is 13.1 Å². The van der Waals surface area contributed by atoms with Gasteiger partial charge in [0.2, 0.25) is 10.0 Å². The standard InChI is InChI=1S/C12H15N3O2S/c13-7-10-2-1-3-12(6-10)18(16,17)15-5-4-11(8-14)9-15/h1-3,6,11H,4-5,8-9,14H2. The molecule has 0 radical (unpaired) electrons. The molecule has 1 aromatic carbocycles. The number of sulfonamides is 1. The summed E-state index contributed by atoms with van der Waals surface area (Å²) in [7, 11) is -3.49. The third-order valence-electron chi connectivity index (χ3n) is 3.18. The molecule has 1 unspecified atom stereocenters. The summed E-state index contributed by atoms with van der Waals surface area (Å²) in [6.07, 6.45) is 0.799. The fourth-order valence-corrected chi connectivity index (χ4v) is 3.66. The average Bonchev–Trinajstić information content (AvgIpc) is 2.88. The number of benzene rings is 1. The van der Waals surface area contributed by atoms with Gasteiger partial charge in [-0.2, -0.15) is 9.57 Å². The minimum atomic E-state index is -3.49. The van der Waals surface area contributed by atoms with E-state index < -0.39 is 10.0 Å². The van der Waals surface area contributed by atoms with Crippen molar-refractivity contribution in [2.75, 3.05) is 19.6 Å². The van der Waals surface area contributed by atoms with Gasteiger partial charge in [0.1, 0.15) is 0 Å². The van der Waals surface area contributed by atoms with Crippen LogP contribution in [-0.4, -0.2) is 32.4 Å². The van der Waals surface area contributed by atoms with Crippen molar-refractivity contribution in [1.29, 1.82) is 5.26 Å². The Hall–Kier alpha value is -1.42. The number of nitrogens with zero attached hydrogens (tertiary/aromatic N) is 2. The smallest absolute Gasteiger partial charge is 0.243 e. The molecule has 0 amide bonds. The van der Waals surface area contributed by atoms with Gasteiger partial charge in [-0.1, -0.05) is 6.07 Å². The van der Waals surface area contributed by atoms with Crippen LogP contribution in [0.25, 0.3) is 0 Å². The summed E-state index contributed by atoms with van der Waals surface area (Å²) in [5.74, 6) is 0.235. The Balaban J connectivity index is 2.29. The highest BCUT2D eigenvalue weighted by molar-refractivity contribution is 7.89. The van der Waals surface area contributed by atoms with Gasteiger partial charge >= 0.3 is 0 Å². The first-order valence-electron chi connectivity index (χ1n) is 5.78. The summed E-state index contributed by atoms with van der Waals surface area (Å²) >= 11 is 0. The molecule has 1 heterocycles. The predicted octanol–water partition coefficient (Wildman–Crippen LogP) is 0.528. The fraction of sp³-hybridized carbons (Fsp3) is 0.417. The van der Waals surface area contributed by atoms with Crippen molar-refractivity contribution in [1.82, 2.24) is 4.31 Å². The van der Waals surface area contributed by atoms with Gasteiger partial charge in [-0.25, -0.2) is 8.42 Å². The maximum atomic E-state index is 12.3. The summed E-state index contributed by atoms with van der Waals surface area (Å²) in [5.41, 5.74) is 5.91. The molecule has 0 aliphatic carbocycles. The molecular weight excluding hydrogens is 250 g/mol. The van der Waals surface area contributed by atoms with Gasteiger partial charge in [0.15, 0.2) is 0 Å². The Bertz CT molecular complexity index is 577. The van der Waals surface area contributed by atoms with Crippen LogP contribution in [0.3, 0.4) is 0 Å². The van der Waals surface area contributed by atoms with Gasteiger partial charge in [-0.05, 0) is 37.1 Å². The van der Waals surface area contributed by atoms with E-state index in [1.807, 2.05) is 6.07 Å². The molecule has 2 rings (SSSR count). The first-order chi connectivity index (χ1) is 8.57. The summed E-state index contributed by atoms with van der Waals surface area (Å²) in [4.78, 5) is 0.180. The zero-order valence-corrected chi connectivity index (χ0v) is 10.7. The topological polar surface area (TPSA) is 87.2 Å². The van der Waals surface area contributed by atoms with Crippen molar-refractivity contribution in [3.8, 4) is 6.07 Å². The molecule has 1 atom stereocenters. The van der Waals surface area contributed by atoms with Crippen LogP contribution in [0.1, 0.15) is 12.0 Å². The molecule has 5 nitrogen and oxygen atoms in total. The Morgan fingerprint density at radius 1 is 1.50 bits per heavy atom. The summed E-state index contributed by atoms with van der Waals surface area (Å²) < 4.78 is 26.1. The molecular formula is C12H15N3O2S. The Labute approximate surface area is 107 Å². The molecule has 0 aromatic heterocycles. The number of hydrogen-bond donors (Lipinski definition) is 1. The van der Waals surface area contributed by atoms with Crippen molar-refractivity contribution in [2.45, 2.75) is 11.3 Å². The van der Waals surface area contributed by atoms with E-state index >= 15 is 0 Å². The molecule has 1 aliphatic heterocycles. The van der Waals surface area contributed by atoms with Gasteiger partial charge in [0.25, 0.3) is 0 Å². The zero-order chi connectivity index (χ0) is 13.2. The molecule has 1 fully saturated rings. The summed E-state index contributed by atoms with van der Waals surface area (Å²) in [6, 6.07) is 8.05. The van der Waals surface area contributed by atoms with Crippen molar-refractivity contribution in [2.24, 2.45) is 11.7 Å². The molecule has 6 heteroatoms. The van der Waals surface area contributed by atoms with E-state index in [2.05, 4.69) is 0 Å². The van der Waals surface area contributed by atoms with Gasteiger partial charge in [-0.3, -0.25) is 0 Å². The minimum absolute atomic E-state index is 0.180. The largest absolute Gasteiger partial charge is 0.330 e. The second-order valence-corrected chi connectivity index (χ2v) is 6.33. The summed E-state index contributed by atoms with van der Waals surface area (Å²) in [5, 5.41) is 8.80. The van der Waals surface area contributed by atoms with E-state index in [0.717, 1.165) is 6.42 Å². The quantitative estimate of drug-likeness (QED) is 0.863. The lowest BCUT2D eigenvalue weighted by molar-refractivity contribution is 0.459. The molecule has 0 spiro atoms. The monoisotopic (exact) mass is 265 g/mol. The lowest BCUT2D eigenvalue weighted by atomic mass is 10.1. The van der Waals surface area contributed by atoms with E-state index in [1.165, 1.54) is 16.4 Å². The van der Waals surface area contributed by atoms with Gasteiger partial charge in [-0.15, -0.1) is 0 Å². The molecule has 1 aromatic rings. The van der Waals surface area contributed by atoms with Crippen LogP contribution in [0.4, 0.5) is 0 Å². The normalized spacial score (nSPS) is 20.8. The highest BCUT2D eigenvalue weighted by Gasteiger charge is 2.31. The highest BCUT2D eigenvalue weighted by atomic mass is 32.2. The van der Waals surface area contributed by atoms with Crippen molar-refractivity contribution in [3.63, 3.8) is 0 Å². The average molecular weight is 265 g/mol. The molecule has 1 saturated heterocycles.